The van der Waals surface area contributed by atoms with Crippen molar-refractivity contribution < 1.29 is 4.39 Å². The highest BCUT2D eigenvalue weighted by molar-refractivity contribution is 5.59. The van der Waals surface area contributed by atoms with Crippen LogP contribution in [0.25, 0.3) is 0 Å². The van der Waals surface area contributed by atoms with Crippen LogP contribution in [0.5, 0.6) is 0 Å². The molecule has 0 radical (unpaired) electrons. The first-order valence-corrected chi connectivity index (χ1v) is 5.58. The van der Waals surface area contributed by atoms with Gasteiger partial charge in [0.05, 0.1) is 0 Å². The van der Waals surface area contributed by atoms with E-state index in [2.05, 4.69) is 16.8 Å². The number of hydrogen-bond acceptors (Lipinski definition) is 3. The SMILES string of the molecule is CN1CCN(c2ccc(N)cc2CF)CC1. The highest BCUT2D eigenvalue weighted by atomic mass is 19.1. The molecule has 1 aromatic rings. The van der Waals surface area contributed by atoms with Gasteiger partial charge in [-0.2, -0.15) is 0 Å². The Bertz CT molecular complexity index is 359. The van der Waals surface area contributed by atoms with Crippen molar-refractivity contribution in [3.05, 3.63) is 23.8 Å². The predicted molar refractivity (Wildman–Crippen MR) is 65.4 cm³/mol. The topological polar surface area (TPSA) is 32.5 Å². The smallest absolute Gasteiger partial charge is 0.117 e. The molecular weight excluding hydrogens is 205 g/mol. The maximum Gasteiger partial charge on any atom is 0.117 e. The Hall–Kier alpha value is -1.29. The molecule has 0 saturated carbocycles. The Morgan fingerprint density at radius 3 is 2.56 bits per heavy atom. The van der Waals surface area contributed by atoms with Crippen molar-refractivity contribution in [2.75, 3.05) is 43.9 Å². The molecule has 4 heteroatoms. The molecular formula is C12H18FN3. The van der Waals surface area contributed by atoms with Gasteiger partial charge in [0.25, 0.3) is 0 Å². The molecule has 1 heterocycles. The average Bonchev–Trinajstić information content (AvgIpc) is 2.30. The van der Waals surface area contributed by atoms with Crippen LogP contribution < -0.4 is 10.6 Å². The summed E-state index contributed by atoms with van der Waals surface area (Å²) >= 11 is 0. The number of anilines is 2. The third kappa shape index (κ3) is 2.27. The fourth-order valence-corrected chi connectivity index (χ4v) is 2.07. The number of nitrogens with zero attached hydrogens (tertiary/aromatic N) is 2. The zero-order valence-corrected chi connectivity index (χ0v) is 9.62. The van der Waals surface area contributed by atoms with E-state index < -0.39 is 6.67 Å². The van der Waals surface area contributed by atoms with Crippen LogP contribution in [-0.4, -0.2) is 38.1 Å². The van der Waals surface area contributed by atoms with Crippen molar-refractivity contribution >= 4 is 11.4 Å². The number of benzene rings is 1. The molecule has 1 aliphatic heterocycles. The minimum Gasteiger partial charge on any atom is -0.399 e. The van der Waals surface area contributed by atoms with E-state index in [1.807, 2.05) is 12.1 Å². The van der Waals surface area contributed by atoms with Gasteiger partial charge in [0.2, 0.25) is 0 Å². The fraction of sp³-hybridized carbons (Fsp3) is 0.500. The summed E-state index contributed by atoms with van der Waals surface area (Å²) in [5.41, 5.74) is 7.98. The van der Waals surface area contributed by atoms with E-state index in [4.69, 9.17) is 5.73 Å². The van der Waals surface area contributed by atoms with Crippen LogP contribution in [0.4, 0.5) is 15.8 Å². The summed E-state index contributed by atoms with van der Waals surface area (Å²) < 4.78 is 12.9. The number of nitrogens with two attached hydrogens (primary N) is 1. The Labute approximate surface area is 95.6 Å². The normalized spacial score (nSPS) is 17.8. The third-order valence-electron chi connectivity index (χ3n) is 3.09. The lowest BCUT2D eigenvalue weighted by Gasteiger charge is -2.35. The quantitative estimate of drug-likeness (QED) is 0.771. The van der Waals surface area contributed by atoms with Gasteiger partial charge in [-0.05, 0) is 25.2 Å². The predicted octanol–water partition coefficient (Wildman–Crippen LogP) is 1.49. The number of piperazine rings is 1. The summed E-state index contributed by atoms with van der Waals surface area (Å²) in [6.45, 7) is 3.50. The lowest BCUT2D eigenvalue weighted by atomic mass is 10.1. The van der Waals surface area contributed by atoms with Gasteiger partial charge in [0.15, 0.2) is 0 Å². The van der Waals surface area contributed by atoms with E-state index in [9.17, 15) is 4.39 Å². The minimum atomic E-state index is -0.452. The highest BCUT2D eigenvalue weighted by Crippen LogP contribution is 2.24. The molecule has 0 spiro atoms. The van der Waals surface area contributed by atoms with Crippen molar-refractivity contribution in [1.82, 2.24) is 4.90 Å². The Balaban J connectivity index is 2.19. The summed E-state index contributed by atoms with van der Waals surface area (Å²) in [5, 5.41) is 0. The zero-order valence-electron chi connectivity index (χ0n) is 9.62. The molecule has 2 N–H and O–H groups in total. The first kappa shape index (κ1) is 11.2. The molecule has 0 aromatic heterocycles. The number of halogens is 1. The number of likely N-dealkylation sites (N-methyl/N-ethyl adjacent to an activating group) is 1. The van der Waals surface area contributed by atoms with Gasteiger partial charge in [-0.1, -0.05) is 0 Å². The van der Waals surface area contributed by atoms with E-state index in [1.165, 1.54) is 0 Å². The average molecular weight is 223 g/mol. The Kier molecular flexibility index (Phi) is 3.29. The van der Waals surface area contributed by atoms with E-state index >= 15 is 0 Å². The van der Waals surface area contributed by atoms with Crippen LogP contribution in [0.3, 0.4) is 0 Å². The van der Waals surface area contributed by atoms with Crippen LogP contribution >= 0.6 is 0 Å². The molecule has 0 atom stereocenters. The van der Waals surface area contributed by atoms with Crippen LogP contribution in [0.15, 0.2) is 18.2 Å². The van der Waals surface area contributed by atoms with E-state index in [0.29, 0.717) is 11.3 Å². The van der Waals surface area contributed by atoms with Gasteiger partial charge in [-0.15, -0.1) is 0 Å². The van der Waals surface area contributed by atoms with Crippen molar-refractivity contribution in [2.24, 2.45) is 0 Å². The minimum absolute atomic E-state index is 0.452. The Morgan fingerprint density at radius 1 is 1.25 bits per heavy atom. The molecule has 1 aliphatic rings. The van der Waals surface area contributed by atoms with Gasteiger partial charge in [0.1, 0.15) is 6.67 Å². The molecule has 1 saturated heterocycles. The second-order valence-corrected chi connectivity index (χ2v) is 4.31. The number of alkyl halides is 1. The standard InChI is InChI=1S/C12H18FN3/c1-15-4-6-16(7-5-15)12-3-2-11(14)8-10(12)9-13/h2-3,8H,4-7,9,14H2,1H3. The molecule has 0 unspecified atom stereocenters. The van der Waals surface area contributed by atoms with E-state index in [1.54, 1.807) is 6.07 Å². The van der Waals surface area contributed by atoms with Gasteiger partial charge in [-0.25, -0.2) is 4.39 Å². The number of rotatable bonds is 2. The first-order valence-electron chi connectivity index (χ1n) is 5.58. The lowest BCUT2D eigenvalue weighted by molar-refractivity contribution is 0.312. The van der Waals surface area contributed by atoms with Gasteiger partial charge >= 0.3 is 0 Å². The summed E-state index contributed by atoms with van der Waals surface area (Å²) in [5.74, 6) is 0. The summed E-state index contributed by atoms with van der Waals surface area (Å²) in [6.07, 6.45) is 0. The van der Waals surface area contributed by atoms with E-state index in [-0.39, 0.29) is 0 Å². The van der Waals surface area contributed by atoms with Crippen molar-refractivity contribution in [3.63, 3.8) is 0 Å². The van der Waals surface area contributed by atoms with Gasteiger partial charge in [0, 0.05) is 43.1 Å². The molecule has 1 aromatic carbocycles. The van der Waals surface area contributed by atoms with Crippen molar-refractivity contribution in [3.8, 4) is 0 Å². The third-order valence-corrected chi connectivity index (χ3v) is 3.09. The van der Waals surface area contributed by atoms with Crippen LogP contribution in [0.1, 0.15) is 5.56 Å². The highest BCUT2D eigenvalue weighted by Gasteiger charge is 2.16. The monoisotopic (exact) mass is 223 g/mol. The summed E-state index contributed by atoms with van der Waals surface area (Å²) in [4.78, 5) is 4.51. The summed E-state index contributed by atoms with van der Waals surface area (Å²) in [7, 11) is 2.11. The number of hydrogen-bond donors (Lipinski definition) is 1. The molecule has 2 rings (SSSR count). The number of nitrogen functional groups attached to an aromatic ring is 1. The molecule has 0 aliphatic carbocycles. The van der Waals surface area contributed by atoms with Crippen molar-refractivity contribution in [1.29, 1.82) is 0 Å². The zero-order chi connectivity index (χ0) is 11.5. The van der Waals surface area contributed by atoms with Crippen LogP contribution in [0, 0.1) is 0 Å². The lowest BCUT2D eigenvalue weighted by Crippen LogP contribution is -2.44. The molecule has 1 fully saturated rings. The maximum absolute atomic E-state index is 12.9. The summed E-state index contributed by atoms with van der Waals surface area (Å²) in [6, 6.07) is 5.50. The molecule has 0 amide bonds. The fourth-order valence-electron chi connectivity index (χ4n) is 2.07. The molecule has 0 bridgehead atoms. The molecule has 16 heavy (non-hydrogen) atoms. The second-order valence-electron chi connectivity index (χ2n) is 4.31. The second kappa shape index (κ2) is 4.70. The van der Waals surface area contributed by atoms with E-state index in [0.717, 1.165) is 31.9 Å². The van der Waals surface area contributed by atoms with Crippen LogP contribution in [0.2, 0.25) is 0 Å². The van der Waals surface area contributed by atoms with Gasteiger partial charge in [-0.3, -0.25) is 0 Å². The largest absolute Gasteiger partial charge is 0.399 e. The Morgan fingerprint density at radius 2 is 1.94 bits per heavy atom. The maximum atomic E-state index is 12.9. The molecule has 3 nitrogen and oxygen atoms in total. The molecule has 88 valence electrons. The first-order chi connectivity index (χ1) is 7.70. The van der Waals surface area contributed by atoms with Crippen LogP contribution in [-0.2, 0) is 6.67 Å². The van der Waals surface area contributed by atoms with Gasteiger partial charge < -0.3 is 15.5 Å². The van der Waals surface area contributed by atoms with Crippen molar-refractivity contribution in [2.45, 2.75) is 6.67 Å².